The van der Waals surface area contributed by atoms with Crippen LogP contribution in [0.3, 0.4) is 0 Å². The lowest BCUT2D eigenvalue weighted by atomic mass is 10.0. The van der Waals surface area contributed by atoms with Crippen LogP contribution in [0, 0.1) is 0 Å². The maximum absolute atomic E-state index is 12.7. The Morgan fingerprint density at radius 1 is 0.659 bits per heavy atom. The van der Waals surface area contributed by atoms with E-state index in [1.807, 2.05) is 0 Å². The minimum Gasteiger partial charge on any atom is -0.391 e. The Morgan fingerprint density at radius 3 is 1.45 bits per heavy atom. The zero-order chi connectivity index (χ0) is 32.6. The van der Waals surface area contributed by atoms with Gasteiger partial charge in [0.1, 0.15) is 0 Å². The average Bonchev–Trinajstić information content (AvgIpc) is 3.01. The summed E-state index contributed by atoms with van der Waals surface area (Å²) in [5.41, 5.74) is 5.35. The normalized spacial score (nSPS) is 14.4. The van der Waals surface area contributed by atoms with E-state index in [1.54, 1.807) is 0 Å². The van der Waals surface area contributed by atoms with Crippen LogP contribution in [-0.4, -0.2) is 47.8 Å². The summed E-state index contributed by atoms with van der Waals surface area (Å²) in [4.78, 5) is 22.6. The van der Waals surface area contributed by atoms with E-state index in [0.29, 0.717) is 12.8 Å². The van der Waals surface area contributed by atoms with Crippen molar-refractivity contribution >= 4 is 13.7 Å². The second-order valence-electron chi connectivity index (χ2n) is 12.8. The Labute approximate surface area is 272 Å². The largest absolute Gasteiger partial charge is 0.472 e. The Hall–Kier alpha value is -0.500. The third-order valence-electron chi connectivity index (χ3n) is 8.46. The summed E-state index contributed by atoms with van der Waals surface area (Å²) in [6, 6.07) is -0.765. The summed E-state index contributed by atoms with van der Waals surface area (Å²) in [7, 11) is -4.30. The van der Waals surface area contributed by atoms with Crippen molar-refractivity contribution in [2.75, 3.05) is 19.8 Å². The number of nitrogens with one attached hydrogen (secondary N) is 1. The highest BCUT2D eigenvalue weighted by atomic mass is 31.2. The van der Waals surface area contributed by atoms with E-state index in [2.05, 4.69) is 19.2 Å². The van der Waals surface area contributed by atoms with Gasteiger partial charge in [0.15, 0.2) is 0 Å². The number of phosphoric ester groups is 1. The zero-order valence-electron chi connectivity index (χ0n) is 28.9. The Balaban J connectivity index is 4.24. The van der Waals surface area contributed by atoms with E-state index in [0.717, 1.165) is 38.5 Å². The van der Waals surface area contributed by atoms with Crippen LogP contribution in [0.1, 0.15) is 187 Å². The predicted octanol–water partition coefficient (Wildman–Crippen LogP) is 9.50. The fourth-order valence-electron chi connectivity index (χ4n) is 5.61. The van der Waals surface area contributed by atoms with Crippen molar-refractivity contribution in [1.29, 1.82) is 0 Å². The lowest BCUT2D eigenvalue weighted by Gasteiger charge is -2.25. The number of phosphoric acid groups is 1. The smallest absolute Gasteiger partial charge is 0.391 e. The van der Waals surface area contributed by atoms with Gasteiger partial charge in [-0.05, 0) is 12.8 Å². The molecule has 0 aliphatic heterocycles. The first-order chi connectivity index (χ1) is 21.4. The fourth-order valence-corrected chi connectivity index (χ4v) is 6.37. The molecule has 264 valence electrons. The number of amides is 1. The molecule has 44 heavy (non-hydrogen) atoms. The molecule has 0 radical (unpaired) electrons. The van der Waals surface area contributed by atoms with Gasteiger partial charge in [0.05, 0.1) is 25.4 Å². The van der Waals surface area contributed by atoms with Gasteiger partial charge in [0.2, 0.25) is 5.91 Å². The monoisotopic (exact) mass is 649 g/mol. The van der Waals surface area contributed by atoms with Crippen molar-refractivity contribution in [2.45, 2.75) is 199 Å². The summed E-state index contributed by atoms with van der Waals surface area (Å²) in [6.45, 7) is 4.20. The molecule has 0 fully saturated rings. The van der Waals surface area contributed by atoms with E-state index >= 15 is 0 Å². The molecule has 9 heteroatoms. The number of aliphatic hydroxyl groups is 1. The number of unbranched alkanes of at least 4 members (excludes halogenated alkanes) is 23. The molecule has 0 spiro atoms. The molecule has 0 rings (SSSR count). The van der Waals surface area contributed by atoms with Gasteiger partial charge in [0.25, 0.3) is 0 Å². The molecule has 0 aromatic heterocycles. The van der Waals surface area contributed by atoms with Gasteiger partial charge in [0, 0.05) is 13.0 Å². The fraction of sp³-hybridized carbons (Fsp3) is 0.971. The summed E-state index contributed by atoms with van der Waals surface area (Å²) in [6.07, 6.45) is 31.0. The molecule has 0 saturated heterocycles. The van der Waals surface area contributed by atoms with Crippen LogP contribution in [0.4, 0.5) is 0 Å². The molecule has 3 atom stereocenters. The second kappa shape index (κ2) is 32.4. The third-order valence-corrected chi connectivity index (χ3v) is 9.45. The summed E-state index contributed by atoms with van der Waals surface area (Å²) >= 11 is 0. The SMILES string of the molecule is CCCCCCCCCCCCCCCC(=O)N[C@@H](COP(=O)(O)OCCN)[C@H](O)CCCCCCCCCCCCCC. The predicted molar refractivity (Wildman–Crippen MR) is 185 cm³/mol. The van der Waals surface area contributed by atoms with Crippen molar-refractivity contribution in [3.63, 3.8) is 0 Å². The number of rotatable bonds is 35. The average molecular weight is 649 g/mol. The van der Waals surface area contributed by atoms with Crippen molar-refractivity contribution < 1.29 is 28.4 Å². The lowest BCUT2D eigenvalue weighted by Crippen LogP contribution is -2.46. The molecule has 0 aromatic rings. The summed E-state index contributed by atoms with van der Waals surface area (Å²) in [5.74, 6) is -0.161. The van der Waals surface area contributed by atoms with Crippen molar-refractivity contribution in [1.82, 2.24) is 5.32 Å². The number of hydrogen-bond acceptors (Lipinski definition) is 6. The minimum absolute atomic E-state index is 0.0920. The highest BCUT2D eigenvalue weighted by Crippen LogP contribution is 2.43. The van der Waals surface area contributed by atoms with E-state index in [4.69, 9.17) is 14.8 Å². The van der Waals surface area contributed by atoms with Gasteiger partial charge in [-0.1, -0.05) is 168 Å². The van der Waals surface area contributed by atoms with Crippen LogP contribution < -0.4 is 11.1 Å². The van der Waals surface area contributed by atoms with Gasteiger partial charge >= 0.3 is 7.82 Å². The van der Waals surface area contributed by atoms with Gasteiger partial charge in [-0.3, -0.25) is 13.8 Å². The molecule has 0 saturated carbocycles. The van der Waals surface area contributed by atoms with E-state index in [9.17, 15) is 19.4 Å². The molecule has 8 nitrogen and oxygen atoms in total. The molecule has 0 heterocycles. The van der Waals surface area contributed by atoms with Crippen LogP contribution >= 0.6 is 7.82 Å². The minimum atomic E-state index is -4.30. The molecule has 0 aliphatic carbocycles. The van der Waals surface area contributed by atoms with E-state index < -0.39 is 20.0 Å². The highest BCUT2D eigenvalue weighted by Gasteiger charge is 2.27. The van der Waals surface area contributed by atoms with Gasteiger partial charge in [-0.2, -0.15) is 0 Å². The second-order valence-corrected chi connectivity index (χ2v) is 14.3. The Morgan fingerprint density at radius 2 is 1.05 bits per heavy atom. The molecule has 0 bridgehead atoms. The molecular formula is C35H73N2O6P. The van der Waals surface area contributed by atoms with E-state index in [-0.39, 0.29) is 25.7 Å². The van der Waals surface area contributed by atoms with E-state index in [1.165, 1.54) is 122 Å². The number of carbonyl (C=O) groups excluding carboxylic acids is 1. The van der Waals surface area contributed by atoms with Crippen molar-refractivity contribution in [3.05, 3.63) is 0 Å². The summed E-state index contributed by atoms with van der Waals surface area (Å²) in [5, 5.41) is 13.7. The van der Waals surface area contributed by atoms with Crippen LogP contribution in [0.15, 0.2) is 0 Å². The lowest BCUT2D eigenvalue weighted by molar-refractivity contribution is -0.123. The molecule has 1 unspecified atom stereocenters. The van der Waals surface area contributed by atoms with Crippen molar-refractivity contribution in [2.24, 2.45) is 5.73 Å². The molecule has 5 N–H and O–H groups in total. The van der Waals surface area contributed by atoms with Crippen LogP contribution in [0.5, 0.6) is 0 Å². The number of aliphatic hydroxyl groups excluding tert-OH is 1. The van der Waals surface area contributed by atoms with Crippen LogP contribution in [0.25, 0.3) is 0 Å². The number of hydrogen-bond donors (Lipinski definition) is 4. The molecule has 1 amide bonds. The van der Waals surface area contributed by atoms with Gasteiger partial charge < -0.3 is 21.1 Å². The van der Waals surface area contributed by atoms with Gasteiger partial charge in [-0.15, -0.1) is 0 Å². The van der Waals surface area contributed by atoms with Crippen molar-refractivity contribution in [3.8, 4) is 0 Å². The molecule has 0 aliphatic rings. The number of nitrogens with two attached hydrogens (primary N) is 1. The standard InChI is InChI=1S/C35H73N2O6P/c1-3-5-7-9-11-13-15-17-19-21-23-25-27-29-35(39)37-33(32-43-44(40,41)42-31-30-36)34(38)28-26-24-22-20-18-16-14-12-10-8-6-4-2/h33-34,38H,3-32,36H2,1-2H3,(H,37,39)(H,40,41)/t33-,34+/m0/s1. The third kappa shape index (κ3) is 30.2. The summed E-state index contributed by atoms with van der Waals surface area (Å²) < 4.78 is 22.1. The van der Waals surface area contributed by atoms with Gasteiger partial charge in [-0.25, -0.2) is 4.57 Å². The van der Waals surface area contributed by atoms with Crippen LogP contribution in [0.2, 0.25) is 0 Å². The first-order valence-corrected chi connectivity index (χ1v) is 20.1. The topological polar surface area (TPSA) is 131 Å². The maximum atomic E-state index is 12.7. The maximum Gasteiger partial charge on any atom is 0.472 e. The Kier molecular flexibility index (Phi) is 32.1. The highest BCUT2D eigenvalue weighted by molar-refractivity contribution is 7.47. The quantitative estimate of drug-likeness (QED) is 0.0398. The Bertz CT molecular complexity index is 669. The molecular weight excluding hydrogens is 575 g/mol. The van der Waals surface area contributed by atoms with Crippen LogP contribution in [-0.2, 0) is 18.4 Å². The first-order valence-electron chi connectivity index (χ1n) is 18.7. The zero-order valence-corrected chi connectivity index (χ0v) is 29.8. The number of carbonyl (C=O) groups is 1. The first kappa shape index (κ1) is 43.5. The molecule has 0 aromatic carbocycles.